The highest BCUT2D eigenvalue weighted by molar-refractivity contribution is 9.10. The number of aromatic nitrogens is 2. The summed E-state index contributed by atoms with van der Waals surface area (Å²) in [5.41, 5.74) is 1.30. The second kappa shape index (κ2) is 6.85. The normalized spacial score (nSPS) is 11.6. The van der Waals surface area contributed by atoms with E-state index in [1.54, 1.807) is 19.1 Å². The number of rotatable bonds is 4. The maximum atomic E-state index is 12.7. The molecule has 0 radical (unpaired) electrons. The van der Waals surface area contributed by atoms with Gasteiger partial charge in [0.05, 0.1) is 11.8 Å². The van der Waals surface area contributed by atoms with Crippen LogP contribution < -0.4 is 9.74 Å². The molecule has 0 saturated heterocycles. The predicted octanol–water partition coefficient (Wildman–Crippen LogP) is 3.07. The van der Waals surface area contributed by atoms with Gasteiger partial charge in [0.15, 0.2) is 5.75 Å². The second-order valence-corrected chi connectivity index (χ2v) is 8.15. The van der Waals surface area contributed by atoms with Crippen molar-refractivity contribution in [2.24, 2.45) is 7.05 Å². The Balaban J connectivity index is 2.96. The van der Waals surface area contributed by atoms with Crippen molar-refractivity contribution in [2.75, 3.05) is 6.26 Å². The largest absolute Gasteiger partial charge is 0.380 e. The SMILES string of the molecule is CCc1cc(Cl)cc(Br)c1-c1c(OS(C)(=O)=O)c(C)nn(C)c1=O. The minimum atomic E-state index is -3.83. The third-order valence-electron chi connectivity index (χ3n) is 3.37. The fraction of sp³-hybridized carbons (Fsp3) is 0.333. The Labute approximate surface area is 153 Å². The van der Waals surface area contributed by atoms with Gasteiger partial charge < -0.3 is 4.18 Å². The Hall–Kier alpha value is -1.38. The molecular formula is C15H16BrClN2O4S. The maximum absolute atomic E-state index is 12.7. The molecule has 0 amide bonds. The van der Waals surface area contributed by atoms with Gasteiger partial charge >= 0.3 is 10.1 Å². The molecule has 0 aliphatic rings. The number of aryl methyl sites for hydroxylation is 3. The Morgan fingerprint density at radius 1 is 1.33 bits per heavy atom. The molecule has 2 aromatic rings. The van der Waals surface area contributed by atoms with E-state index in [9.17, 15) is 13.2 Å². The number of benzene rings is 1. The molecule has 1 heterocycles. The third kappa shape index (κ3) is 3.81. The van der Waals surface area contributed by atoms with Gasteiger partial charge in [-0.2, -0.15) is 13.5 Å². The zero-order valence-corrected chi connectivity index (χ0v) is 16.7. The van der Waals surface area contributed by atoms with E-state index < -0.39 is 15.7 Å². The number of halogens is 2. The van der Waals surface area contributed by atoms with E-state index >= 15 is 0 Å². The van der Waals surface area contributed by atoms with Crippen molar-refractivity contribution in [3.8, 4) is 16.9 Å². The summed E-state index contributed by atoms with van der Waals surface area (Å²) in [5, 5.41) is 4.53. The van der Waals surface area contributed by atoms with Crippen molar-refractivity contribution in [1.29, 1.82) is 0 Å². The summed E-state index contributed by atoms with van der Waals surface area (Å²) in [5.74, 6) is -0.0710. The molecule has 0 saturated carbocycles. The molecule has 130 valence electrons. The smallest absolute Gasteiger partial charge is 0.306 e. The van der Waals surface area contributed by atoms with Crippen LogP contribution in [-0.2, 0) is 23.6 Å². The van der Waals surface area contributed by atoms with Crippen LogP contribution in [0.25, 0.3) is 11.1 Å². The van der Waals surface area contributed by atoms with E-state index in [1.807, 2.05) is 6.92 Å². The highest BCUT2D eigenvalue weighted by Gasteiger charge is 2.24. The lowest BCUT2D eigenvalue weighted by atomic mass is 9.98. The topological polar surface area (TPSA) is 78.3 Å². The minimum absolute atomic E-state index is 0.0710. The quantitative estimate of drug-likeness (QED) is 0.690. The van der Waals surface area contributed by atoms with E-state index in [-0.39, 0.29) is 11.3 Å². The summed E-state index contributed by atoms with van der Waals surface area (Å²) in [7, 11) is -2.33. The summed E-state index contributed by atoms with van der Waals surface area (Å²) >= 11 is 9.50. The minimum Gasteiger partial charge on any atom is -0.380 e. The van der Waals surface area contributed by atoms with Crippen LogP contribution in [0.4, 0.5) is 0 Å². The first-order valence-electron chi connectivity index (χ1n) is 7.00. The summed E-state index contributed by atoms with van der Waals surface area (Å²) in [6.45, 7) is 3.50. The van der Waals surface area contributed by atoms with Gasteiger partial charge in [-0.25, -0.2) is 4.68 Å². The predicted molar refractivity (Wildman–Crippen MR) is 97.2 cm³/mol. The van der Waals surface area contributed by atoms with E-state index in [1.165, 1.54) is 7.05 Å². The van der Waals surface area contributed by atoms with Crippen LogP contribution in [0.2, 0.25) is 5.02 Å². The Morgan fingerprint density at radius 2 is 1.96 bits per heavy atom. The molecule has 0 bridgehead atoms. The lowest BCUT2D eigenvalue weighted by Gasteiger charge is -2.16. The van der Waals surface area contributed by atoms with Crippen molar-refractivity contribution >= 4 is 37.6 Å². The Kier molecular flexibility index (Phi) is 5.41. The molecule has 0 unspecified atom stereocenters. The molecule has 0 aliphatic carbocycles. The first-order chi connectivity index (χ1) is 11.0. The zero-order valence-electron chi connectivity index (χ0n) is 13.6. The molecule has 0 atom stereocenters. The lowest BCUT2D eigenvalue weighted by Crippen LogP contribution is -2.25. The van der Waals surface area contributed by atoms with E-state index in [0.717, 1.165) is 16.5 Å². The molecule has 0 aliphatic heterocycles. The highest BCUT2D eigenvalue weighted by atomic mass is 79.9. The Bertz CT molecular complexity index is 970. The molecule has 9 heteroatoms. The van der Waals surface area contributed by atoms with Gasteiger partial charge in [-0.3, -0.25) is 4.79 Å². The van der Waals surface area contributed by atoms with Crippen LogP contribution in [-0.4, -0.2) is 24.5 Å². The molecule has 0 spiro atoms. The first kappa shape index (κ1) is 19.0. The van der Waals surface area contributed by atoms with Crippen LogP contribution in [0.3, 0.4) is 0 Å². The van der Waals surface area contributed by atoms with E-state index in [0.29, 0.717) is 27.2 Å². The standard InChI is InChI=1S/C15H16BrClN2O4S/c1-5-9-6-10(17)7-11(16)12(9)13-14(23-24(4,21)22)8(2)18-19(3)15(13)20/h6-7H,5H2,1-4H3. The molecule has 2 rings (SSSR count). The first-order valence-corrected chi connectivity index (χ1v) is 9.99. The molecule has 24 heavy (non-hydrogen) atoms. The van der Waals surface area contributed by atoms with Crippen LogP contribution in [0.1, 0.15) is 18.2 Å². The van der Waals surface area contributed by atoms with E-state index in [4.69, 9.17) is 15.8 Å². The average molecular weight is 436 g/mol. The highest BCUT2D eigenvalue weighted by Crippen LogP contribution is 2.38. The summed E-state index contributed by atoms with van der Waals surface area (Å²) < 4.78 is 30.1. The summed E-state index contributed by atoms with van der Waals surface area (Å²) in [6, 6.07) is 3.39. The van der Waals surface area contributed by atoms with Crippen molar-refractivity contribution in [3.05, 3.63) is 43.2 Å². The van der Waals surface area contributed by atoms with Gasteiger partial charge in [-0.15, -0.1) is 0 Å². The fourth-order valence-corrected chi connectivity index (χ4v) is 3.99. The van der Waals surface area contributed by atoms with Crippen LogP contribution >= 0.6 is 27.5 Å². The molecule has 1 aromatic heterocycles. The summed E-state index contributed by atoms with van der Waals surface area (Å²) in [4.78, 5) is 12.7. The number of hydrogen-bond acceptors (Lipinski definition) is 5. The van der Waals surface area contributed by atoms with Crippen molar-refractivity contribution in [3.63, 3.8) is 0 Å². The Morgan fingerprint density at radius 3 is 2.50 bits per heavy atom. The van der Waals surface area contributed by atoms with Gasteiger partial charge in [-0.05, 0) is 31.0 Å². The third-order valence-corrected chi connectivity index (χ3v) is 4.68. The van der Waals surface area contributed by atoms with Gasteiger partial charge in [0.1, 0.15) is 5.69 Å². The maximum Gasteiger partial charge on any atom is 0.306 e. The van der Waals surface area contributed by atoms with Crippen molar-refractivity contribution < 1.29 is 12.6 Å². The summed E-state index contributed by atoms with van der Waals surface area (Å²) in [6.07, 6.45) is 1.52. The second-order valence-electron chi connectivity index (χ2n) is 5.28. The van der Waals surface area contributed by atoms with Crippen molar-refractivity contribution in [1.82, 2.24) is 9.78 Å². The monoisotopic (exact) mass is 434 g/mol. The molecule has 0 N–H and O–H groups in total. The molecule has 1 aromatic carbocycles. The van der Waals surface area contributed by atoms with Crippen molar-refractivity contribution in [2.45, 2.75) is 20.3 Å². The van der Waals surface area contributed by atoms with Crippen LogP contribution in [0, 0.1) is 6.92 Å². The van der Waals surface area contributed by atoms with Crippen LogP contribution in [0.5, 0.6) is 5.75 Å². The number of nitrogens with zero attached hydrogens (tertiary/aromatic N) is 2. The van der Waals surface area contributed by atoms with Crippen LogP contribution in [0.15, 0.2) is 21.4 Å². The average Bonchev–Trinajstić information content (AvgIpc) is 2.44. The van der Waals surface area contributed by atoms with Gasteiger partial charge in [0, 0.05) is 22.1 Å². The van der Waals surface area contributed by atoms with E-state index in [2.05, 4.69) is 21.0 Å². The molecule has 0 fully saturated rings. The van der Waals surface area contributed by atoms with Gasteiger partial charge in [0.25, 0.3) is 5.56 Å². The van der Waals surface area contributed by atoms with Gasteiger partial charge in [-0.1, -0.05) is 34.5 Å². The fourth-order valence-electron chi connectivity index (χ4n) is 2.42. The zero-order chi connectivity index (χ0) is 18.2. The number of hydrogen-bond donors (Lipinski definition) is 0. The molecule has 6 nitrogen and oxygen atoms in total. The lowest BCUT2D eigenvalue weighted by molar-refractivity contribution is 0.485. The van der Waals surface area contributed by atoms with Gasteiger partial charge in [0.2, 0.25) is 0 Å². The molecular weight excluding hydrogens is 420 g/mol.